The Labute approximate surface area is 138 Å². The van der Waals surface area contributed by atoms with Crippen molar-refractivity contribution in [2.45, 2.75) is 0 Å². The molecule has 3 aromatic rings. The Bertz CT molecular complexity index is 749. The Hall–Kier alpha value is -1.95. The van der Waals surface area contributed by atoms with Crippen LogP contribution < -0.4 is 14.4 Å². The first kappa shape index (κ1) is 15.0. The summed E-state index contributed by atoms with van der Waals surface area (Å²) in [5, 5.41) is 0. The molecule has 3 rings (SSSR count). The Morgan fingerprint density at radius 1 is 0.591 bits per heavy atom. The maximum absolute atomic E-state index is 12.1. The van der Waals surface area contributed by atoms with E-state index in [-0.39, 0.29) is 5.43 Å². The molecule has 0 heterocycles. The van der Waals surface area contributed by atoms with E-state index in [0.717, 1.165) is 0 Å². The van der Waals surface area contributed by atoms with Crippen LogP contribution in [-0.2, 0) is 0 Å². The zero-order chi connectivity index (χ0) is 15.2. The van der Waals surface area contributed by atoms with Crippen molar-refractivity contribution >= 4 is 29.4 Å². The van der Waals surface area contributed by atoms with Gasteiger partial charge in [-0.25, -0.2) is 0 Å². The molecule has 2 nitrogen and oxygen atoms in total. The van der Waals surface area contributed by atoms with Crippen molar-refractivity contribution in [2.24, 2.45) is 0 Å². The second-order valence-corrected chi connectivity index (χ2v) is 14.0. The fraction of sp³-hybridized carbons (Fsp3) is 0. The van der Waals surface area contributed by atoms with Gasteiger partial charge >= 0.3 is 139 Å². The topological polar surface area (TPSA) is 26.3 Å². The van der Waals surface area contributed by atoms with Crippen LogP contribution in [0.25, 0.3) is 0 Å². The van der Waals surface area contributed by atoms with Crippen LogP contribution in [0.1, 0.15) is 0 Å². The quantitative estimate of drug-likeness (QED) is 0.537. The van der Waals surface area contributed by atoms with E-state index < -0.39 is 23.2 Å². The van der Waals surface area contributed by atoms with Gasteiger partial charge in [-0.15, -0.1) is 0 Å². The van der Waals surface area contributed by atoms with E-state index in [9.17, 15) is 4.79 Å². The van der Waals surface area contributed by atoms with E-state index in [4.69, 9.17) is 2.69 Å². The predicted octanol–water partition coefficient (Wildman–Crippen LogP) is 2.23. The van der Waals surface area contributed by atoms with Gasteiger partial charge in [0.25, 0.3) is 0 Å². The average Bonchev–Trinajstić information content (AvgIpc) is 2.78. The molecular formula is C19H15O2Tl. The van der Waals surface area contributed by atoms with Crippen molar-refractivity contribution in [3.8, 4) is 5.75 Å². The van der Waals surface area contributed by atoms with E-state index in [0.29, 0.717) is 5.75 Å². The molecule has 0 aliphatic carbocycles. The fourth-order valence-corrected chi connectivity index (χ4v) is 11.1. The van der Waals surface area contributed by atoms with Crippen LogP contribution in [-0.4, -0.2) is 23.2 Å². The Morgan fingerprint density at radius 2 is 1.05 bits per heavy atom. The Balaban J connectivity index is 2.04. The van der Waals surface area contributed by atoms with E-state index >= 15 is 0 Å². The van der Waals surface area contributed by atoms with Crippen LogP contribution in [0.15, 0.2) is 95.8 Å². The summed E-state index contributed by atoms with van der Waals surface area (Å²) in [6.45, 7) is 0. The summed E-state index contributed by atoms with van der Waals surface area (Å²) in [5.74, 6) is 0.448. The Kier molecular flexibility index (Phi) is 5.00. The number of hydrogen-bond donors (Lipinski definition) is 0. The van der Waals surface area contributed by atoms with Crippen LogP contribution in [0.2, 0.25) is 0 Å². The van der Waals surface area contributed by atoms with Crippen LogP contribution in [0.4, 0.5) is 0 Å². The normalized spacial score (nSPS) is 10.0. The summed E-state index contributed by atoms with van der Waals surface area (Å²) >= 11 is -2.92. The van der Waals surface area contributed by atoms with E-state index in [2.05, 4.69) is 24.3 Å². The molecular weight excluding hydrogens is 465 g/mol. The third-order valence-electron chi connectivity index (χ3n) is 3.41. The fourth-order valence-electron chi connectivity index (χ4n) is 2.32. The molecule has 0 N–H and O–H groups in total. The summed E-state index contributed by atoms with van der Waals surface area (Å²) in [5.41, 5.74) is -0.0677. The zero-order valence-corrected chi connectivity index (χ0v) is 16.5. The SMILES string of the molecule is O=c1cccccc1[O][Tl]([c]1ccccc1)[c]1ccccc1. The van der Waals surface area contributed by atoms with Crippen molar-refractivity contribution in [1.29, 1.82) is 0 Å². The molecule has 0 saturated heterocycles. The number of hydrogen-bond acceptors (Lipinski definition) is 2. The molecule has 0 aliphatic rings. The summed E-state index contributed by atoms with van der Waals surface area (Å²) in [7, 11) is 0. The van der Waals surface area contributed by atoms with Crippen molar-refractivity contribution in [2.75, 3.05) is 0 Å². The van der Waals surface area contributed by atoms with Gasteiger partial charge in [0.2, 0.25) is 0 Å². The minimum atomic E-state index is -2.92. The van der Waals surface area contributed by atoms with Crippen LogP contribution >= 0.6 is 0 Å². The van der Waals surface area contributed by atoms with Gasteiger partial charge in [0.1, 0.15) is 0 Å². The van der Waals surface area contributed by atoms with Gasteiger partial charge in [0, 0.05) is 0 Å². The molecule has 106 valence electrons. The van der Waals surface area contributed by atoms with E-state index in [1.54, 1.807) is 18.2 Å². The second-order valence-electron chi connectivity index (χ2n) is 4.96. The third-order valence-corrected chi connectivity index (χ3v) is 13.0. The molecule has 22 heavy (non-hydrogen) atoms. The molecule has 0 unspecified atom stereocenters. The molecule has 0 atom stereocenters. The zero-order valence-electron chi connectivity index (χ0n) is 12.1. The predicted molar refractivity (Wildman–Crippen MR) is 91.2 cm³/mol. The van der Waals surface area contributed by atoms with Crippen molar-refractivity contribution in [3.05, 3.63) is 101 Å². The molecule has 3 aromatic carbocycles. The first-order valence-electron chi connectivity index (χ1n) is 7.20. The van der Waals surface area contributed by atoms with Crippen molar-refractivity contribution in [3.63, 3.8) is 0 Å². The standard InChI is InChI=1S/C7H6O2.2C6H5.Tl/c8-6-4-2-1-3-5-7(6)9;2*1-2-4-6-5-3-1;/h1-5H,(H,8,9);2*1-5H;/q;;;+1/p-1. The molecule has 0 radical (unpaired) electrons. The molecule has 0 aromatic heterocycles. The first-order chi connectivity index (χ1) is 10.8. The molecule has 0 aliphatic heterocycles. The van der Waals surface area contributed by atoms with E-state index in [1.165, 1.54) is 6.25 Å². The van der Waals surface area contributed by atoms with Crippen LogP contribution in [0.3, 0.4) is 0 Å². The van der Waals surface area contributed by atoms with Crippen molar-refractivity contribution in [1.82, 2.24) is 0 Å². The molecule has 0 spiro atoms. The van der Waals surface area contributed by atoms with Gasteiger partial charge in [0.05, 0.1) is 0 Å². The minimum absolute atomic E-state index is 0.0677. The Morgan fingerprint density at radius 3 is 1.59 bits per heavy atom. The molecule has 0 saturated carbocycles. The third kappa shape index (κ3) is 3.63. The average molecular weight is 480 g/mol. The maximum atomic E-state index is 12.1. The summed E-state index contributed by atoms with van der Waals surface area (Å²) in [6, 6.07) is 29.3. The van der Waals surface area contributed by atoms with Gasteiger partial charge in [-0.3, -0.25) is 0 Å². The number of benzene rings is 2. The summed E-state index contributed by atoms with van der Waals surface area (Å²) in [6.07, 6.45) is 0. The van der Waals surface area contributed by atoms with Crippen molar-refractivity contribution < 1.29 is 2.69 Å². The van der Waals surface area contributed by atoms with Crippen LogP contribution in [0.5, 0.6) is 5.75 Å². The summed E-state index contributed by atoms with van der Waals surface area (Å²) in [4.78, 5) is 12.1. The monoisotopic (exact) mass is 480 g/mol. The van der Waals surface area contributed by atoms with Gasteiger partial charge in [0.15, 0.2) is 0 Å². The second kappa shape index (κ2) is 7.36. The van der Waals surface area contributed by atoms with Gasteiger partial charge in [-0.1, -0.05) is 0 Å². The van der Waals surface area contributed by atoms with Crippen LogP contribution in [0, 0.1) is 0 Å². The van der Waals surface area contributed by atoms with Gasteiger partial charge in [-0.2, -0.15) is 0 Å². The van der Waals surface area contributed by atoms with Gasteiger partial charge < -0.3 is 0 Å². The van der Waals surface area contributed by atoms with E-state index in [1.807, 2.05) is 48.5 Å². The molecule has 0 amide bonds. The van der Waals surface area contributed by atoms with Gasteiger partial charge in [-0.05, 0) is 0 Å². The molecule has 0 bridgehead atoms. The number of rotatable bonds is 4. The first-order valence-corrected chi connectivity index (χ1v) is 13.5. The molecule has 0 fully saturated rings. The summed E-state index contributed by atoms with van der Waals surface area (Å²) < 4.78 is 8.76. The molecule has 3 heteroatoms.